The van der Waals surface area contributed by atoms with Gasteiger partial charge in [0.15, 0.2) is 0 Å². The summed E-state index contributed by atoms with van der Waals surface area (Å²) in [6, 6.07) is 0. The van der Waals surface area contributed by atoms with E-state index in [1.807, 2.05) is 0 Å². The zero-order valence-corrected chi connectivity index (χ0v) is 6.76. The summed E-state index contributed by atoms with van der Waals surface area (Å²) in [7, 11) is -5.17. The van der Waals surface area contributed by atoms with Crippen molar-refractivity contribution in [1.29, 1.82) is 0 Å². The average molecular weight is 257 g/mol. The molecule has 6 N–H and O–H groups in total. The number of rotatable bonds is 0. The monoisotopic (exact) mass is 256 g/mol. The van der Waals surface area contributed by atoms with Crippen LogP contribution in [0.5, 0.6) is 0 Å². The van der Waals surface area contributed by atoms with Crippen LogP contribution in [0.25, 0.3) is 0 Å². The summed E-state index contributed by atoms with van der Waals surface area (Å²) < 4.78 is 34.1. The fourth-order valence-corrected chi connectivity index (χ4v) is 0. The summed E-state index contributed by atoms with van der Waals surface area (Å²) >= 11 is 0. The predicted octanol–water partition coefficient (Wildman–Crippen LogP) is -1.02. The summed E-state index contributed by atoms with van der Waals surface area (Å²) in [6.07, 6.45) is 0. The molecule has 68 valence electrons. The zero-order chi connectivity index (χ0) is 4.50. The Labute approximate surface area is 74.5 Å². The Morgan fingerprint density at radius 2 is 0.889 bits per heavy atom. The fraction of sp³-hybridized carbons (Fsp3) is 0. The molecule has 0 aliphatic carbocycles. The van der Waals surface area contributed by atoms with E-state index in [4.69, 9.17) is 17.5 Å². The van der Waals surface area contributed by atoms with Crippen molar-refractivity contribution in [3.63, 3.8) is 0 Å². The summed E-state index contributed by atoms with van der Waals surface area (Å²) in [5.41, 5.74) is 0. The molecule has 0 aliphatic rings. The van der Waals surface area contributed by atoms with E-state index in [2.05, 4.69) is 0 Å². The van der Waals surface area contributed by atoms with Crippen LogP contribution in [0.1, 0.15) is 0 Å². The molecule has 0 radical (unpaired) electrons. The van der Waals surface area contributed by atoms with Crippen molar-refractivity contribution < 1.29 is 51.7 Å². The normalized spacial score (nSPS) is 6.44. The first-order valence-corrected chi connectivity index (χ1v) is 2.00. The Morgan fingerprint density at radius 1 is 0.889 bits per heavy atom. The van der Waals surface area contributed by atoms with Crippen LogP contribution in [0.4, 0.5) is 0 Å². The van der Waals surface area contributed by atoms with Crippen molar-refractivity contribution >= 4 is 10.4 Å². The molecule has 6 nitrogen and oxygen atoms in total. The third-order valence-electron chi connectivity index (χ3n) is 0. The van der Waals surface area contributed by atoms with Gasteiger partial charge in [0.2, 0.25) is 0 Å². The second kappa shape index (κ2) is 11.6. The summed E-state index contributed by atoms with van der Waals surface area (Å²) in [5, 5.41) is 0. The van der Waals surface area contributed by atoms with Crippen molar-refractivity contribution in [2.45, 2.75) is 0 Å². The topological polar surface area (TPSA) is 150 Å². The molecule has 0 unspecified atom stereocenters. The molecule has 9 heavy (non-hydrogen) atoms. The molecule has 0 rings (SSSR count). The first kappa shape index (κ1) is 32.9. The summed E-state index contributed by atoms with van der Waals surface area (Å²) in [5.74, 6) is 0. The molecule has 0 saturated heterocycles. The average Bonchev–Trinajstić information content (AvgIpc) is 0.722. The van der Waals surface area contributed by atoms with Gasteiger partial charge in [0.05, 0.1) is 0 Å². The number of hydrogen-bond acceptors (Lipinski definition) is 6. The van der Waals surface area contributed by atoms with Gasteiger partial charge in [0.1, 0.15) is 0 Å². The second-order valence-corrected chi connectivity index (χ2v) is 1.22. The maximum Gasteiger partial charge on any atom is 1.00 e. The van der Waals surface area contributed by atoms with E-state index < -0.39 is 10.4 Å². The molecular formula is H6Cu2N2O4S. The third-order valence-corrected chi connectivity index (χ3v) is 0. The Hall–Kier alpha value is 0.829. The first-order chi connectivity index (χ1) is 2.00. The Bertz CT molecular complexity index is 99.7. The molecule has 0 atom stereocenters. The predicted molar refractivity (Wildman–Crippen MR) is 20.5 cm³/mol. The summed E-state index contributed by atoms with van der Waals surface area (Å²) in [6.45, 7) is 0. The minimum atomic E-state index is -5.17. The van der Waals surface area contributed by atoms with Crippen LogP contribution in [-0.2, 0) is 44.5 Å². The Morgan fingerprint density at radius 3 is 0.889 bits per heavy atom. The quantitative estimate of drug-likeness (QED) is 0.322. The van der Waals surface area contributed by atoms with Gasteiger partial charge in [-0.1, -0.05) is 0 Å². The fourth-order valence-electron chi connectivity index (χ4n) is 0. The van der Waals surface area contributed by atoms with Gasteiger partial charge in [0.25, 0.3) is 0 Å². The maximum atomic E-state index is 8.52. The van der Waals surface area contributed by atoms with Crippen LogP contribution in [0, 0.1) is 0 Å². The molecule has 0 amide bonds. The molecule has 0 saturated carbocycles. The van der Waals surface area contributed by atoms with Crippen LogP contribution < -0.4 is 12.3 Å². The molecule has 0 spiro atoms. The minimum Gasteiger partial charge on any atom is -0.759 e. The molecule has 0 heterocycles. The van der Waals surface area contributed by atoms with E-state index in [1.54, 1.807) is 0 Å². The molecule has 0 bridgehead atoms. The summed E-state index contributed by atoms with van der Waals surface area (Å²) in [4.78, 5) is 0. The van der Waals surface area contributed by atoms with Crippen molar-refractivity contribution in [2.24, 2.45) is 0 Å². The van der Waals surface area contributed by atoms with Crippen LogP contribution in [0.2, 0.25) is 0 Å². The zero-order valence-electron chi connectivity index (χ0n) is 4.06. The smallest absolute Gasteiger partial charge is 0.759 e. The van der Waals surface area contributed by atoms with Crippen LogP contribution in [0.3, 0.4) is 0 Å². The van der Waals surface area contributed by atoms with Crippen molar-refractivity contribution in [3.05, 3.63) is 0 Å². The Balaban J connectivity index is -0.0000000133. The molecule has 0 aromatic rings. The third kappa shape index (κ3) is 599. The first-order valence-electron chi connectivity index (χ1n) is 0.667. The molecule has 0 aromatic heterocycles. The molecule has 9 heteroatoms. The number of hydrogen-bond donors (Lipinski definition) is 2. The van der Waals surface area contributed by atoms with Crippen molar-refractivity contribution in [3.8, 4) is 0 Å². The largest absolute Gasteiger partial charge is 1.00 e. The van der Waals surface area contributed by atoms with Crippen LogP contribution in [-0.4, -0.2) is 17.5 Å². The van der Waals surface area contributed by atoms with Gasteiger partial charge in [-0.2, -0.15) is 0 Å². The molecule has 0 aliphatic heterocycles. The van der Waals surface area contributed by atoms with Crippen LogP contribution >= 0.6 is 0 Å². The standard InChI is InChI=1S/2Cu.2H3N.H2O4S/c;;;;1-5(2,3)4/h;;2*1H3;(H2,1,2,3,4)/q2*+1;;;/p-2. The molecule has 0 aromatic carbocycles. The van der Waals surface area contributed by atoms with Crippen molar-refractivity contribution in [1.82, 2.24) is 12.3 Å². The molecular weight excluding hydrogens is 251 g/mol. The minimum absolute atomic E-state index is 0. The van der Waals surface area contributed by atoms with E-state index in [9.17, 15) is 0 Å². The van der Waals surface area contributed by atoms with E-state index in [0.717, 1.165) is 0 Å². The Kier molecular flexibility index (Phi) is 42.4. The van der Waals surface area contributed by atoms with E-state index in [-0.39, 0.29) is 46.4 Å². The molecule has 0 fully saturated rings. The van der Waals surface area contributed by atoms with Gasteiger partial charge in [-0.25, -0.2) is 0 Å². The van der Waals surface area contributed by atoms with Crippen molar-refractivity contribution in [2.75, 3.05) is 0 Å². The van der Waals surface area contributed by atoms with Gasteiger partial charge in [-0.3, -0.25) is 8.42 Å². The van der Waals surface area contributed by atoms with Crippen LogP contribution in [0.15, 0.2) is 0 Å². The second-order valence-electron chi connectivity index (χ2n) is 0.408. The van der Waals surface area contributed by atoms with Gasteiger partial charge in [-0.15, -0.1) is 0 Å². The van der Waals surface area contributed by atoms with E-state index >= 15 is 0 Å². The van der Waals surface area contributed by atoms with Gasteiger partial charge in [0, 0.05) is 10.4 Å². The van der Waals surface area contributed by atoms with Gasteiger partial charge >= 0.3 is 34.1 Å². The van der Waals surface area contributed by atoms with Gasteiger partial charge < -0.3 is 21.4 Å². The maximum absolute atomic E-state index is 8.52. The van der Waals surface area contributed by atoms with E-state index in [0.29, 0.717) is 0 Å². The SMILES string of the molecule is N.N.O=S(=O)([O-])[O-].[Cu+].[Cu+]. The van der Waals surface area contributed by atoms with Gasteiger partial charge in [-0.05, 0) is 0 Å². The van der Waals surface area contributed by atoms with E-state index in [1.165, 1.54) is 0 Å².